The van der Waals surface area contributed by atoms with E-state index in [1.165, 1.54) is 0 Å². The van der Waals surface area contributed by atoms with Gasteiger partial charge in [0.2, 0.25) is 5.91 Å². The molecule has 1 fully saturated rings. The zero-order valence-corrected chi connectivity index (χ0v) is 16.4. The summed E-state index contributed by atoms with van der Waals surface area (Å²) < 4.78 is 1.99. The maximum absolute atomic E-state index is 12.7. The smallest absolute Gasteiger partial charge is 0.230 e. The number of amides is 1. The number of guanidine groups is 1. The topological polar surface area (TPSA) is 86.9 Å². The van der Waals surface area contributed by atoms with Crippen molar-refractivity contribution in [2.75, 3.05) is 34.2 Å². The molecular weight excluding hydrogens is 342 g/mol. The number of aromatic nitrogens is 3. The van der Waals surface area contributed by atoms with E-state index in [1.807, 2.05) is 42.9 Å². The summed E-state index contributed by atoms with van der Waals surface area (Å²) in [5, 5.41) is 15.1. The van der Waals surface area contributed by atoms with Crippen molar-refractivity contribution in [2.24, 2.45) is 10.4 Å². The fraction of sp³-hybridized carbons (Fsp3) is 0.579. The van der Waals surface area contributed by atoms with E-state index >= 15 is 0 Å². The molecule has 2 heterocycles. The van der Waals surface area contributed by atoms with Gasteiger partial charge in [0.25, 0.3) is 0 Å². The fourth-order valence-electron chi connectivity index (χ4n) is 3.82. The molecule has 1 amide bonds. The number of fused-ring (bicyclic) bond motifs is 1. The Morgan fingerprint density at radius 2 is 2.04 bits per heavy atom. The molecule has 3 rings (SSSR count). The number of aliphatic imine (C=N–C) groups is 1. The maximum Gasteiger partial charge on any atom is 0.230 e. The van der Waals surface area contributed by atoms with E-state index in [9.17, 15) is 4.79 Å². The van der Waals surface area contributed by atoms with Crippen molar-refractivity contribution in [1.82, 2.24) is 30.1 Å². The lowest BCUT2D eigenvalue weighted by Gasteiger charge is -2.31. The van der Waals surface area contributed by atoms with Crippen molar-refractivity contribution >= 4 is 17.5 Å². The van der Waals surface area contributed by atoms with Crippen LogP contribution in [0.2, 0.25) is 0 Å². The first-order valence-corrected chi connectivity index (χ1v) is 9.51. The highest BCUT2D eigenvalue weighted by molar-refractivity contribution is 5.85. The summed E-state index contributed by atoms with van der Waals surface area (Å²) >= 11 is 0. The number of nitrogens with one attached hydrogen (secondary N) is 2. The van der Waals surface area contributed by atoms with Crippen LogP contribution in [0, 0.1) is 5.41 Å². The molecule has 0 spiro atoms. The highest BCUT2D eigenvalue weighted by atomic mass is 16.2. The van der Waals surface area contributed by atoms with Crippen LogP contribution in [0.3, 0.4) is 0 Å². The van der Waals surface area contributed by atoms with E-state index in [4.69, 9.17) is 0 Å². The number of hydrogen-bond acceptors (Lipinski definition) is 4. The van der Waals surface area contributed by atoms with E-state index in [-0.39, 0.29) is 11.3 Å². The molecule has 0 atom stereocenters. The standard InChI is InChI=1S/C19H29N7O/c1-20-18(22-14-19(10-5-6-11-19)17(27)25(2)3)21-12-9-16-24-23-15-8-4-7-13-26(15)16/h4,7-8,13H,5-6,9-12,14H2,1-3H3,(H2,20,21,22). The maximum atomic E-state index is 12.7. The zero-order chi connectivity index (χ0) is 19.3. The Kier molecular flexibility index (Phi) is 5.93. The summed E-state index contributed by atoms with van der Waals surface area (Å²) in [6.07, 6.45) is 6.77. The van der Waals surface area contributed by atoms with Crippen molar-refractivity contribution in [3.63, 3.8) is 0 Å². The Labute approximate surface area is 160 Å². The second-order valence-electron chi connectivity index (χ2n) is 7.33. The summed E-state index contributed by atoms with van der Waals surface area (Å²) in [5.41, 5.74) is 0.532. The molecule has 0 bridgehead atoms. The predicted octanol–water partition coefficient (Wildman–Crippen LogP) is 1.09. The summed E-state index contributed by atoms with van der Waals surface area (Å²) in [7, 11) is 5.41. The van der Waals surface area contributed by atoms with Crippen molar-refractivity contribution in [3.05, 3.63) is 30.2 Å². The van der Waals surface area contributed by atoms with Gasteiger partial charge in [0.1, 0.15) is 5.82 Å². The zero-order valence-electron chi connectivity index (χ0n) is 16.4. The number of rotatable bonds is 6. The van der Waals surface area contributed by atoms with Crippen LogP contribution in [0.4, 0.5) is 0 Å². The molecule has 1 aliphatic carbocycles. The van der Waals surface area contributed by atoms with Crippen molar-refractivity contribution in [2.45, 2.75) is 32.1 Å². The molecule has 1 saturated carbocycles. The second-order valence-corrected chi connectivity index (χ2v) is 7.33. The molecule has 2 aromatic heterocycles. The molecule has 27 heavy (non-hydrogen) atoms. The lowest BCUT2D eigenvalue weighted by Crippen LogP contribution is -2.49. The SMILES string of the molecule is CN=C(NCCc1nnc2ccccn12)NCC1(C(=O)N(C)C)CCCC1. The monoisotopic (exact) mass is 371 g/mol. The summed E-state index contributed by atoms with van der Waals surface area (Å²) in [6.45, 7) is 1.29. The molecule has 8 heteroatoms. The molecule has 0 aromatic carbocycles. The molecule has 8 nitrogen and oxygen atoms in total. The van der Waals surface area contributed by atoms with Gasteiger partial charge in [-0.1, -0.05) is 18.9 Å². The van der Waals surface area contributed by atoms with Gasteiger partial charge in [-0.2, -0.15) is 0 Å². The van der Waals surface area contributed by atoms with E-state index in [2.05, 4.69) is 25.8 Å². The number of carbonyl (C=O) groups excluding carboxylic acids is 1. The van der Waals surface area contributed by atoms with Crippen LogP contribution in [0.15, 0.2) is 29.4 Å². The largest absolute Gasteiger partial charge is 0.356 e. The van der Waals surface area contributed by atoms with Crippen molar-refractivity contribution in [1.29, 1.82) is 0 Å². The van der Waals surface area contributed by atoms with Crippen LogP contribution < -0.4 is 10.6 Å². The highest BCUT2D eigenvalue weighted by Crippen LogP contribution is 2.38. The van der Waals surface area contributed by atoms with Gasteiger partial charge < -0.3 is 15.5 Å². The Hall–Kier alpha value is -2.64. The van der Waals surface area contributed by atoms with Crippen LogP contribution in [0.1, 0.15) is 31.5 Å². The lowest BCUT2D eigenvalue weighted by molar-refractivity contribution is -0.138. The first-order chi connectivity index (χ1) is 13.1. The number of pyridine rings is 1. The molecule has 0 aliphatic heterocycles. The van der Waals surface area contributed by atoms with Crippen molar-refractivity contribution in [3.8, 4) is 0 Å². The van der Waals surface area contributed by atoms with Gasteiger partial charge >= 0.3 is 0 Å². The lowest BCUT2D eigenvalue weighted by atomic mass is 9.84. The van der Waals surface area contributed by atoms with Gasteiger partial charge in [-0.25, -0.2) is 0 Å². The van der Waals surface area contributed by atoms with E-state index in [1.54, 1.807) is 11.9 Å². The average molecular weight is 371 g/mol. The molecule has 2 N–H and O–H groups in total. The van der Waals surface area contributed by atoms with Crippen LogP contribution in [-0.2, 0) is 11.2 Å². The molecular formula is C19H29N7O. The van der Waals surface area contributed by atoms with Crippen LogP contribution >= 0.6 is 0 Å². The number of hydrogen-bond donors (Lipinski definition) is 2. The summed E-state index contributed by atoms with van der Waals surface area (Å²) in [6, 6.07) is 5.86. The quantitative estimate of drug-likeness (QED) is 0.586. The Balaban J connectivity index is 1.54. The molecule has 0 saturated heterocycles. The predicted molar refractivity (Wildman–Crippen MR) is 106 cm³/mol. The third-order valence-electron chi connectivity index (χ3n) is 5.26. The Morgan fingerprint density at radius 1 is 1.26 bits per heavy atom. The normalized spacial score (nSPS) is 16.5. The molecule has 1 aliphatic rings. The molecule has 2 aromatic rings. The van der Waals surface area contributed by atoms with Gasteiger partial charge in [0, 0.05) is 46.9 Å². The third kappa shape index (κ3) is 4.20. The van der Waals surface area contributed by atoms with Gasteiger partial charge in [-0.05, 0) is 25.0 Å². The number of nitrogens with zero attached hydrogens (tertiary/aromatic N) is 5. The van der Waals surface area contributed by atoms with Gasteiger partial charge in [-0.3, -0.25) is 14.2 Å². The number of carbonyl (C=O) groups is 1. The molecule has 0 unspecified atom stereocenters. The minimum atomic E-state index is -0.315. The van der Waals surface area contributed by atoms with Crippen LogP contribution in [0.25, 0.3) is 5.65 Å². The first kappa shape index (κ1) is 19.1. The minimum absolute atomic E-state index is 0.206. The second kappa shape index (κ2) is 8.37. The van der Waals surface area contributed by atoms with Crippen molar-refractivity contribution < 1.29 is 4.79 Å². The Bertz CT molecular complexity index is 805. The molecule has 0 radical (unpaired) electrons. The fourth-order valence-corrected chi connectivity index (χ4v) is 3.82. The third-order valence-corrected chi connectivity index (χ3v) is 5.26. The van der Waals surface area contributed by atoms with Crippen LogP contribution in [0.5, 0.6) is 0 Å². The van der Waals surface area contributed by atoms with Gasteiger partial charge in [-0.15, -0.1) is 10.2 Å². The first-order valence-electron chi connectivity index (χ1n) is 9.51. The Morgan fingerprint density at radius 3 is 2.74 bits per heavy atom. The molecule has 146 valence electrons. The highest BCUT2D eigenvalue weighted by Gasteiger charge is 2.42. The minimum Gasteiger partial charge on any atom is -0.356 e. The van der Waals surface area contributed by atoms with E-state index in [0.29, 0.717) is 19.0 Å². The summed E-state index contributed by atoms with van der Waals surface area (Å²) in [4.78, 5) is 18.7. The van der Waals surface area contributed by atoms with Gasteiger partial charge in [0.15, 0.2) is 11.6 Å². The summed E-state index contributed by atoms with van der Waals surface area (Å²) in [5.74, 6) is 1.82. The van der Waals surface area contributed by atoms with Gasteiger partial charge in [0.05, 0.1) is 5.41 Å². The van der Waals surface area contributed by atoms with E-state index < -0.39 is 0 Å². The van der Waals surface area contributed by atoms with E-state index in [0.717, 1.165) is 43.6 Å². The van der Waals surface area contributed by atoms with Crippen LogP contribution in [-0.4, -0.2) is 65.6 Å². The average Bonchev–Trinajstić information content (AvgIpc) is 3.32.